The standard InChI is InChI=1S/C17H22N2O3/c20-16-14-4-1-2-5-15(14)17(21)19(16)10-3-11-22-12-13-6-8-18-9-7-13/h1-2,4-5,13,18H,3,6-12H2. The zero-order chi connectivity index (χ0) is 15.4. The molecule has 0 aliphatic carbocycles. The minimum atomic E-state index is -0.182. The number of carbonyl (C=O) groups excluding carboxylic acids is 2. The van der Waals surface area contributed by atoms with Gasteiger partial charge >= 0.3 is 0 Å². The number of ether oxygens (including phenoxy) is 1. The molecule has 5 heteroatoms. The minimum Gasteiger partial charge on any atom is -0.381 e. The van der Waals surface area contributed by atoms with E-state index in [9.17, 15) is 9.59 Å². The Balaban J connectivity index is 1.41. The first kappa shape index (κ1) is 15.2. The van der Waals surface area contributed by atoms with Crippen LogP contribution in [0.4, 0.5) is 0 Å². The van der Waals surface area contributed by atoms with Crippen LogP contribution in [0.5, 0.6) is 0 Å². The summed E-state index contributed by atoms with van der Waals surface area (Å²) < 4.78 is 5.70. The number of hydrogen-bond acceptors (Lipinski definition) is 4. The zero-order valence-electron chi connectivity index (χ0n) is 12.7. The second-order valence-electron chi connectivity index (χ2n) is 5.93. The molecule has 2 aliphatic rings. The predicted octanol–water partition coefficient (Wildman–Crippen LogP) is 1.69. The molecule has 0 saturated carbocycles. The lowest BCUT2D eigenvalue weighted by molar-refractivity contribution is 0.0592. The number of fused-ring (bicyclic) bond motifs is 1. The van der Waals surface area contributed by atoms with Crippen molar-refractivity contribution in [2.24, 2.45) is 5.92 Å². The highest BCUT2D eigenvalue weighted by Gasteiger charge is 2.34. The summed E-state index contributed by atoms with van der Waals surface area (Å²) in [6.07, 6.45) is 3.02. The average Bonchev–Trinajstić information content (AvgIpc) is 2.81. The molecule has 0 radical (unpaired) electrons. The smallest absolute Gasteiger partial charge is 0.261 e. The van der Waals surface area contributed by atoms with Crippen molar-refractivity contribution in [1.82, 2.24) is 10.2 Å². The molecular formula is C17H22N2O3. The van der Waals surface area contributed by atoms with Gasteiger partial charge in [-0.1, -0.05) is 12.1 Å². The summed E-state index contributed by atoms with van der Waals surface area (Å²) in [4.78, 5) is 25.7. The van der Waals surface area contributed by atoms with Crippen molar-refractivity contribution in [2.75, 3.05) is 32.8 Å². The Labute approximate surface area is 130 Å². The van der Waals surface area contributed by atoms with Gasteiger partial charge in [0.1, 0.15) is 0 Å². The maximum atomic E-state index is 12.2. The van der Waals surface area contributed by atoms with Gasteiger partial charge < -0.3 is 10.1 Å². The number of amides is 2. The number of imide groups is 1. The molecule has 5 nitrogen and oxygen atoms in total. The van der Waals surface area contributed by atoms with Crippen LogP contribution in [0, 0.1) is 5.92 Å². The summed E-state index contributed by atoms with van der Waals surface area (Å²) >= 11 is 0. The van der Waals surface area contributed by atoms with Gasteiger partial charge in [0, 0.05) is 19.8 Å². The highest BCUT2D eigenvalue weighted by Crippen LogP contribution is 2.22. The van der Waals surface area contributed by atoms with Crippen molar-refractivity contribution in [3.05, 3.63) is 35.4 Å². The summed E-state index contributed by atoms with van der Waals surface area (Å²) in [6.45, 7) is 3.95. The fraction of sp³-hybridized carbons (Fsp3) is 0.529. The largest absolute Gasteiger partial charge is 0.381 e. The second kappa shape index (κ2) is 7.03. The maximum absolute atomic E-state index is 12.2. The van der Waals surface area contributed by atoms with Crippen LogP contribution >= 0.6 is 0 Å². The number of piperidine rings is 1. The van der Waals surface area contributed by atoms with Gasteiger partial charge in [-0.05, 0) is 50.4 Å². The lowest BCUT2D eigenvalue weighted by Gasteiger charge is -2.22. The van der Waals surface area contributed by atoms with Crippen LogP contribution in [-0.4, -0.2) is 49.6 Å². The molecule has 118 valence electrons. The summed E-state index contributed by atoms with van der Waals surface area (Å²) in [6, 6.07) is 7.00. The van der Waals surface area contributed by atoms with Crippen LogP contribution in [0.3, 0.4) is 0 Å². The Bertz CT molecular complexity index is 518. The third-order valence-corrected chi connectivity index (χ3v) is 4.36. The van der Waals surface area contributed by atoms with E-state index < -0.39 is 0 Å². The fourth-order valence-corrected chi connectivity index (χ4v) is 3.07. The van der Waals surface area contributed by atoms with E-state index >= 15 is 0 Å². The Morgan fingerprint density at radius 2 is 1.73 bits per heavy atom. The van der Waals surface area contributed by atoms with Crippen LogP contribution in [0.2, 0.25) is 0 Å². The van der Waals surface area contributed by atoms with E-state index in [1.807, 2.05) is 0 Å². The van der Waals surface area contributed by atoms with Crippen LogP contribution in [-0.2, 0) is 4.74 Å². The molecule has 0 aromatic heterocycles. The molecule has 1 N–H and O–H groups in total. The Kier molecular flexibility index (Phi) is 4.85. The van der Waals surface area contributed by atoms with E-state index in [-0.39, 0.29) is 11.8 Å². The fourth-order valence-electron chi connectivity index (χ4n) is 3.07. The third kappa shape index (κ3) is 3.20. The Hall–Kier alpha value is -1.72. The number of nitrogens with zero attached hydrogens (tertiary/aromatic N) is 1. The van der Waals surface area contributed by atoms with Crippen molar-refractivity contribution in [3.8, 4) is 0 Å². The van der Waals surface area contributed by atoms with Gasteiger partial charge in [-0.15, -0.1) is 0 Å². The SMILES string of the molecule is O=C1c2ccccc2C(=O)N1CCCOCC1CCNCC1. The quantitative estimate of drug-likeness (QED) is 0.642. The van der Waals surface area contributed by atoms with Crippen LogP contribution in [0.15, 0.2) is 24.3 Å². The van der Waals surface area contributed by atoms with Crippen molar-refractivity contribution in [2.45, 2.75) is 19.3 Å². The van der Waals surface area contributed by atoms with Crippen molar-refractivity contribution < 1.29 is 14.3 Å². The highest BCUT2D eigenvalue weighted by atomic mass is 16.5. The van der Waals surface area contributed by atoms with E-state index in [2.05, 4.69) is 5.32 Å². The van der Waals surface area contributed by atoms with E-state index in [0.717, 1.165) is 19.7 Å². The Morgan fingerprint density at radius 1 is 1.09 bits per heavy atom. The van der Waals surface area contributed by atoms with Crippen LogP contribution in [0.1, 0.15) is 40.0 Å². The molecule has 0 spiro atoms. The molecule has 2 aliphatic heterocycles. The summed E-state index contributed by atoms with van der Waals surface area (Å²) in [5.74, 6) is 0.276. The predicted molar refractivity (Wildman–Crippen MR) is 82.8 cm³/mol. The van der Waals surface area contributed by atoms with Gasteiger partial charge in [-0.2, -0.15) is 0 Å². The van der Waals surface area contributed by atoms with Crippen molar-refractivity contribution >= 4 is 11.8 Å². The highest BCUT2D eigenvalue weighted by molar-refractivity contribution is 6.21. The number of hydrogen-bond donors (Lipinski definition) is 1. The lowest BCUT2D eigenvalue weighted by Crippen LogP contribution is -2.32. The number of rotatable bonds is 6. The first-order valence-corrected chi connectivity index (χ1v) is 8.01. The monoisotopic (exact) mass is 302 g/mol. The van der Waals surface area contributed by atoms with E-state index in [0.29, 0.717) is 36.6 Å². The molecule has 1 saturated heterocycles. The number of carbonyl (C=O) groups is 2. The van der Waals surface area contributed by atoms with Crippen molar-refractivity contribution in [1.29, 1.82) is 0 Å². The molecule has 1 aromatic rings. The molecule has 0 atom stereocenters. The summed E-state index contributed by atoms with van der Waals surface area (Å²) in [5.41, 5.74) is 1.03. The number of nitrogens with one attached hydrogen (secondary N) is 1. The first-order valence-electron chi connectivity index (χ1n) is 8.01. The second-order valence-corrected chi connectivity index (χ2v) is 5.93. The molecular weight excluding hydrogens is 280 g/mol. The minimum absolute atomic E-state index is 0.182. The zero-order valence-corrected chi connectivity index (χ0v) is 12.7. The molecule has 1 aromatic carbocycles. The molecule has 3 rings (SSSR count). The van der Waals surface area contributed by atoms with Gasteiger partial charge in [0.25, 0.3) is 11.8 Å². The third-order valence-electron chi connectivity index (χ3n) is 4.36. The molecule has 22 heavy (non-hydrogen) atoms. The summed E-state index contributed by atoms with van der Waals surface area (Å²) in [7, 11) is 0. The van der Waals surface area contributed by atoms with Gasteiger partial charge in [-0.3, -0.25) is 14.5 Å². The average molecular weight is 302 g/mol. The maximum Gasteiger partial charge on any atom is 0.261 e. The van der Waals surface area contributed by atoms with Gasteiger partial charge in [0.05, 0.1) is 11.1 Å². The van der Waals surface area contributed by atoms with E-state index in [1.54, 1.807) is 24.3 Å². The lowest BCUT2D eigenvalue weighted by atomic mass is 9.99. The number of benzene rings is 1. The van der Waals surface area contributed by atoms with Crippen LogP contribution in [0.25, 0.3) is 0 Å². The molecule has 0 bridgehead atoms. The molecule has 2 amide bonds. The normalized spacial score (nSPS) is 18.8. The Morgan fingerprint density at radius 3 is 2.36 bits per heavy atom. The first-order chi connectivity index (χ1) is 10.8. The summed E-state index contributed by atoms with van der Waals surface area (Å²) in [5, 5.41) is 3.33. The molecule has 0 unspecified atom stereocenters. The van der Waals surface area contributed by atoms with E-state index in [4.69, 9.17) is 4.74 Å². The van der Waals surface area contributed by atoms with Gasteiger partial charge in [-0.25, -0.2) is 0 Å². The van der Waals surface area contributed by atoms with Crippen LogP contribution < -0.4 is 5.32 Å². The molecule has 1 fully saturated rings. The van der Waals surface area contributed by atoms with Gasteiger partial charge in [0.2, 0.25) is 0 Å². The van der Waals surface area contributed by atoms with Gasteiger partial charge in [0.15, 0.2) is 0 Å². The topological polar surface area (TPSA) is 58.6 Å². The van der Waals surface area contributed by atoms with E-state index in [1.165, 1.54) is 17.7 Å². The van der Waals surface area contributed by atoms with Crippen molar-refractivity contribution in [3.63, 3.8) is 0 Å². The molecule has 2 heterocycles.